The molecule has 0 radical (unpaired) electrons. The summed E-state index contributed by atoms with van der Waals surface area (Å²) in [6.07, 6.45) is 10.8. The lowest BCUT2D eigenvalue weighted by Gasteiger charge is -2.23. The molecule has 8 heteroatoms. The number of aryl methyl sites for hydroxylation is 1. The van der Waals surface area contributed by atoms with Crippen molar-refractivity contribution in [3.63, 3.8) is 0 Å². The van der Waals surface area contributed by atoms with Gasteiger partial charge in [-0.25, -0.2) is 4.98 Å². The van der Waals surface area contributed by atoms with Gasteiger partial charge in [-0.2, -0.15) is 0 Å². The number of carboxylic acids is 1. The van der Waals surface area contributed by atoms with Crippen LogP contribution in [0.1, 0.15) is 78.7 Å². The summed E-state index contributed by atoms with van der Waals surface area (Å²) in [6, 6.07) is 1.79. The second-order valence-electron chi connectivity index (χ2n) is 8.68. The van der Waals surface area contributed by atoms with E-state index in [1.807, 2.05) is 4.57 Å². The number of nitrogens with zero attached hydrogens (tertiary/aromatic N) is 2. The number of carbonyl (C=O) groups is 2. The number of fused-ring (bicyclic) bond motifs is 1. The molecule has 4 rings (SSSR count). The van der Waals surface area contributed by atoms with Gasteiger partial charge in [-0.3, -0.25) is 19.7 Å². The second kappa shape index (κ2) is 9.77. The zero-order chi connectivity index (χ0) is 21.8. The number of carbonyl (C=O) groups excluding carboxylic acids is 1. The molecule has 2 aliphatic rings. The highest BCUT2D eigenvalue weighted by atomic mass is 32.1. The molecule has 0 unspecified atom stereocenters. The predicted octanol–water partition coefficient (Wildman–Crippen LogP) is 4.03. The summed E-state index contributed by atoms with van der Waals surface area (Å²) in [5, 5.41) is 13.5. The minimum atomic E-state index is -0.973. The van der Waals surface area contributed by atoms with Gasteiger partial charge >= 0.3 is 5.97 Å². The van der Waals surface area contributed by atoms with E-state index in [1.165, 1.54) is 37.0 Å². The van der Waals surface area contributed by atoms with E-state index >= 15 is 0 Å². The van der Waals surface area contributed by atoms with Crippen molar-refractivity contribution in [2.45, 2.75) is 77.2 Å². The first-order chi connectivity index (χ1) is 15.0. The van der Waals surface area contributed by atoms with E-state index in [4.69, 9.17) is 5.11 Å². The molecule has 2 aromatic rings. The maximum atomic E-state index is 13.4. The van der Waals surface area contributed by atoms with E-state index in [-0.39, 0.29) is 17.5 Å². The van der Waals surface area contributed by atoms with Crippen LogP contribution in [0.2, 0.25) is 0 Å². The summed E-state index contributed by atoms with van der Waals surface area (Å²) in [5.41, 5.74) is 2.57. The van der Waals surface area contributed by atoms with Crippen molar-refractivity contribution in [2.75, 3.05) is 5.32 Å². The van der Waals surface area contributed by atoms with Crippen LogP contribution in [0.3, 0.4) is 0 Å². The minimum Gasteiger partial charge on any atom is -0.481 e. The number of carboxylic acid groups (broad SMARTS) is 1. The van der Waals surface area contributed by atoms with Crippen molar-refractivity contribution in [2.24, 2.45) is 5.92 Å². The number of anilines is 1. The third-order valence-electron chi connectivity index (χ3n) is 6.37. The largest absolute Gasteiger partial charge is 0.481 e. The number of nitrogens with one attached hydrogen (secondary N) is 1. The SMILES string of the molecule is O=C(O)Cc1csc(NC(=O)c2cc3c(n(CC4CCCC4)c2=O)CCCCCC3)n1. The van der Waals surface area contributed by atoms with E-state index in [9.17, 15) is 14.4 Å². The Hall–Kier alpha value is -2.48. The molecule has 0 aliphatic heterocycles. The van der Waals surface area contributed by atoms with Gasteiger partial charge in [0, 0.05) is 17.6 Å². The number of amides is 1. The standard InChI is InChI=1S/C23H29N3O4S/c27-20(28)12-17-14-31-23(24-17)25-21(29)18-11-16-9-3-1-2-4-10-19(16)26(22(18)30)13-15-7-5-6-8-15/h11,14-15H,1-10,12-13H2,(H,27,28)(H,24,25,29). The highest BCUT2D eigenvalue weighted by Crippen LogP contribution is 2.28. The second-order valence-corrected chi connectivity index (χ2v) is 9.54. The number of thiazole rings is 1. The Morgan fingerprint density at radius 2 is 1.87 bits per heavy atom. The summed E-state index contributed by atoms with van der Waals surface area (Å²) >= 11 is 1.17. The van der Waals surface area contributed by atoms with Crippen molar-refractivity contribution in [3.8, 4) is 0 Å². The average molecular weight is 444 g/mol. The molecule has 2 heterocycles. The lowest BCUT2D eigenvalue weighted by molar-refractivity contribution is -0.136. The topological polar surface area (TPSA) is 101 Å². The fraction of sp³-hybridized carbons (Fsp3) is 0.565. The quantitative estimate of drug-likeness (QED) is 0.702. The lowest BCUT2D eigenvalue weighted by atomic mass is 9.95. The third kappa shape index (κ3) is 5.23. The third-order valence-corrected chi connectivity index (χ3v) is 7.17. The molecule has 31 heavy (non-hydrogen) atoms. The maximum Gasteiger partial charge on any atom is 0.309 e. The average Bonchev–Trinajstić information content (AvgIpc) is 3.36. The molecule has 2 N–H and O–H groups in total. The van der Waals surface area contributed by atoms with Crippen LogP contribution in [0.5, 0.6) is 0 Å². The zero-order valence-corrected chi connectivity index (χ0v) is 18.5. The highest BCUT2D eigenvalue weighted by Gasteiger charge is 2.24. The molecule has 0 atom stereocenters. The van der Waals surface area contributed by atoms with Crippen LogP contribution in [0.15, 0.2) is 16.2 Å². The van der Waals surface area contributed by atoms with Crippen molar-refractivity contribution in [3.05, 3.63) is 44.3 Å². The van der Waals surface area contributed by atoms with Gasteiger partial charge in [-0.15, -0.1) is 11.3 Å². The van der Waals surface area contributed by atoms with Gasteiger partial charge in [0.25, 0.3) is 11.5 Å². The predicted molar refractivity (Wildman–Crippen MR) is 120 cm³/mol. The van der Waals surface area contributed by atoms with Crippen LogP contribution in [-0.2, 0) is 30.6 Å². The Morgan fingerprint density at radius 1 is 1.13 bits per heavy atom. The number of hydrogen-bond donors (Lipinski definition) is 2. The van der Waals surface area contributed by atoms with Gasteiger partial charge in [-0.05, 0) is 56.1 Å². The zero-order valence-electron chi connectivity index (χ0n) is 17.7. The molecule has 0 saturated heterocycles. The smallest absolute Gasteiger partial charge is 0.309 e. The molecule has 0 bridgehead atoms. The number of aliphatic carboxylic acids is 1. The number of hydrogen-bond acceptors (Lipinski definition) is 5. The molecule has 2 aliphatic carbocycles. The Balaban J connectivity index is 1.65. The van der Waals surface area contributed by atoms with Crippen molar-refractivity contribution in [1.82, 2.24) is 9.55 Å². The van der Waals surface area contributed by atoms with E-state index in [1.54, 1.807) is 11.4 Å². The highest BCUT2D eigenvalue weighted by molar-refractivity contribution is 7.14. The molecule has 7 nitrogen and oxygen atoms in total. The number of rotatable bonds is 6. The molecular formula is C23H29N3O4S. The first-order valence-corrected chi connectivity index (χ1v) is 12.1. The van der Waals surface area contributed by atoms with E-state index < -0.39 is 11.9 Å². The van der Waals surface area contributed by atoms with Crippen LogP contribution in [0, 0.1) is 5.92 Å². The molecule has 0 spiro atoms. The molecule has 1 amide bonds. The van der Waals surface area contributed by atoms with Crippen LogP contribution in [-0.4, -0.2) is 26.5 Å². The normalized spacial score (nSPS) is 17.0. The molecular weight excluding hydrogens is 414 g/mol. The van der Waals surface area contributed by atoms with Crippen molar-refractivity contribution < 1.29 is 14.7 Å². The number of aromatic nitrogens is 2. The van der Waals surface area contributed by atoms with Gasteiger partial charge in [0.15, 0.2) is 5.13 Å². The summed E-state index contributed by atoms with van der Waals surface area (Å²) in [5.74, 6) is -0.936. The minimum absolute atomic E-state index is 0.160. The van der Waals surface area contributed by atoms with E-state index in [0.717, 1.165) is 49.8 Å². The lowest BCUT2D eigenvalue weighted by Crippen LogP contribution is -2.34. The summed E-state index contributed by atoms with van der Waals surface area (Å²) < 4.78 is 1.89. The molecule has 1 saturated carbocycles. The van der Waals surface area contributed by atoms with Crippen LogP contribution >= 0.6 is 11.3 Å². The first kappa shape index (κ1) is 21.7. The van der Waals surface area contributed by atoms with Gasteiger partial charge in [-0.1, -0.05) is 25.7 Å². The monoisotopic (exact) mass is 443 g/mol. The Bertz CT molecular complexity index is 1020. The molecule has 2 aromatic heterocycles. The Morgan fingerprint density at radius 3 is 2.61 bits per heavy atom. The Kier molecular flexibility index (Phi) is 6.85. The number of pyridine rings is 1. The van der Waals surface area contributed by atoms with Crippen LogP contribution in [0.25, 0.3) is 0 Å². The molecule has 1 fully saturated rings. The van der Waals surface area contributed by atoms with E-state index in [0.29, 0.717) is 23.3 Å². The van der Waals surface area contributed by atoms with Gasteiger partial charge in [0.1, 0.15) is 5.56 Å². The van der Waals surface area contributed by atoms with Crippen LogP contribution < -0.4 is 10.9 Å². The summed E-state index contributed by atoms with van der Waals surface area (Å²) in [7, 11) is 0. The fourth-order valence-electron chi connectivity index (χ4n) is 4.81. The summed E-state index contributed by atoms with van der Waals surface area (Å²) in [6.45, 7) is 0.697. The van der Waals surface area contributed by atoms with Gasteiger partial charge in [0.2, 0.25) is 0 Å². The fourth-order valence-corrected chi connectivity index (χ4v) is 5.51. The van der Waals surface area contributed by atoms with Gasteiger partial charge in [0.05, 0.1) is 12.1 Å². The molecule has 0 aromatic carbocycles. The molecule has 166 valence electrons. The first-order valence-electron chi connectivity index (χ1n) is 11.2. The Labute approximate surface area is 185 Å². The summed E-state index contributed by atoms with van der Waals surface area (Å²) in [4.78, 5) is 41.5. The van der Waals surface area contributed by atoms with E-state index in [2.05, 4.69) is 10.3 Å². The van der Waals surface area contributed by atoms with Crippen molar-refractivity contribution >= 4 is 28.3 Å². The maximum absolute atomic E-state index is 13.4. The van der Waals surface area contributed by atoms with Gasteiger partial charge < -0.3 is 9.67 Å². The van der Waals surface area contributed by atoms with Crippen LogP contribution in [0.4, 0.5) is 5.13 Å². The van der Waals surface area contributed by atoms with Crippen molar-refractivity contribution in [1.29, 1.82) is 0 Å².